The molecule has 0 aromatic rings. The smallest absolute Gasteiger partial charge is 0.396 e. The number of piperidine rings is 1. The molecule has 2 N–H and O–H groups in total. The van der Waals surface area contributed by atoms with E-state index in [-0.39, 0.29) is 19.6 Å². The fourth-order valence-electron chi connectivity index (χ4n) is 2.29. The van der Waals surface area contributed by atoms with Crippen LogP contribution in [-0.4, -0.2) is 31.0 Å². The van der Waals surface area contributed by atoms with E-state index in [0.29, 0.717) is 6.54 Å². The van der Waals surface area contributed by atoms with Crippen molar-refractivity contribution in [2.75, 3.05) is 19.7 Å². The first-order chi connectivity index (χ1) is 5.47. The van der Waals surface area contributed by atoms with Crippen molar-refractivity contribution in [3.8, 4) is 0 Å². The number of hydrogen-bond donors (Lipinski definition) is 2. The van der Waals surface area contributed by atoms with Gasteiger partial charge in [-0.15, -0.1) is 0 Å². The average molecular weight is 181 g/mol. The Kier molecular flexibility index (Phi) is 1.36. The van der Waals surface area contributed by atoms with E-state index in [1.54, 1.807) is 0 Å². The van der Waals surface area contributed by atoms with Crippen molar-refractivity contribution in [3.63, 3.8) is 0 Å². The minimum atomic E-state index is -4.17. The molecule has 5 heteroatoms. The number of nitrogens with one attached hydrogen (secondary N) is 1. The van der Waals surface area contributed by atoms with Gasteiger partial charge in [-0.25, -0.2) is 0 Å². The fourth-order valence-corrected chi connectivity index (χ4v) is 2.29. The van der Waals surface area contributed by atoms with Gasteiger partial charge < -0.3 is 10.4 Å². The predicted molar refractivity (Wildman–Crippen MR) is 35.5 cm³/mol. The van der Waals surface area contributed by atoms with Gasteiger partial charge in [0.2, 0.25) is 0 Å². The van der Waals surface area contributed by atoms with Gasteiger partial charge in [-0.05, 0) is 6.42 Å². The third kappa shape index (κ3) is 0.688. The Hall–Kier alpha value is -0.290. The van der Waals surface area contributed by atoms with E-state index in [1.807, 2.05) is 0 Å². The van der Waals surface area contributed by atoms with Gasteiger partial charge >= 0.3 is 6.18 Å². The summed E-state index contributed by atoms with van der Waals surface area (Å²) in [6, 6.07) is 0. The predicted octanol–water partition coefficient (Wildman–Crippen LogP) is 0.521. The molecular formula is C7H10F3NO. The van der Waals surface area contributed by atoms with Gasteiger partial charge in [0.05, 0.1) is 12.0 Å². The maximum absolute atomic E-state index is 12.5. The summed E-state index contributed by atoms with van der Waals surface area (Å²) in [6.45, 7) is -0.0976. The molecule has 0 aromatic heterocycles. The maximum Gasteiger partial charge on any atom is 0.396 e. The highest BCUT2D eigenvalue weighted by Crippen LogP contribution is 2.72. The Morgan fingerprint density at radius 2 is 2.00 bits per heavy atom. The quantitative estimate of drug-likeness (QED) is 0.618. The van der Waals surface area contributed by atoms with Crippen LogP contribution in [0.5, 0.6) is 0 Å². The summed E-state index contributed by atoms with van der Waals surface area (Å²) < 4.78 is 37.4. The van der Waals surface area contributed by atoms with Gasteiger partial charge in [0, 0.05) is 18.5 Å². The highest BCUT2D eigenvalue weighted by atomic mass is 19.4. The molecule has 0 aromatic carbocycles. The zero-order chi connectivity index (χ0) is 9.04. The molecule has 2 unspecified atom stereocenters. The summed E-state index contributed by atoms with van der Waals surface area (Å²) in [4.78, 5) is 0. The lowest BCUT2D eigenvalue weighted by Crippen LogP contribution is -2.32. The summed E-state index contributed by atoms with van der Waals surface area (Å²) in [5, 5.41) is 11.5. The Morgan fingerprint density at radius 1 is 1.33 bits per heavy atom. The molecule has 12 heavy (non-hydrogen) atoms. The molecule has 2 fully saturated rings. The average Bonchev–Trinajstić information content (AvgIpc) is 2.51. The Labute approximate surface area is 67.8 Å². The lowest BCUT2D eigenvalue weighted by Gasteiger charge is -2.18. The van der Waals surface area contributed by atoms with Crippen molar-refractivity contribution < 1.29 is 18.3 Å². The summed E-state index contributed by atoms with van der Waals surface area (Å²) in [5.41, 5.74) is -2.51. The number of halogens is 3. The highest BCUT2D eigenvalue weighted by Gasteiger charge is 2.81. The Morgan fingerprint density at radius 3 is 2.33 bits per heavy atom. The van der Waals surface area contributed by atoms with E-state index in [1.165, 1.54) is 0 Å². The van der Waals surface area contributed by atoms with Gasteiger partial charge in [-0.3, -0.25) is 0 Å². The molecule has 2 aliphatic rings. The highest BCUT2D eigenvalue weighted by molar-refractivity contribution is 5.23. The molecule has 1 aliphatic carbocycles. The monoisotopic (exact) mass is 181 g/mol. The fraction of sp³-hybridized carbons (Fsp3) is 1.00. The van der Waals surface area contributed by atoms with Crippen molar-refractivity contribution in [2.45, 2.75) is 12.6 Å². The summed E-state index contributed by atoms with van der Waals surface area (Å²) in [6.07, 6.45) is -4.08. The molecule has 70 valence electrons. The van der Waals surface area contributed by atoms with E-state index in [2.05, 4.69) is 5.32 Å². The molecule has 0 bridgehead atoms. The third-order valence-corrected chi connectivity index (χ3v) is 3.27. The molecule has 2 rings (SSSR count). The number of hydrogen-bond acceptors (Lipinski definition) is 2. The van der Waals surface area contributed by atoms with Crippen molar-refractivity contribution in [1.82, 2.24) is 5.32 Å². The van der Waals surface area contributed by atoms with Gasteiger partial charge in [0.25, 0.3) is 0 Å². The van der Waals surface area contributed by atoms with Crippen LogP contribution in [0.1, 0.15) is 6.42 Å². The number of aliphatic hydroxyl groups is 1. The molecule has 1 saturated carbocycles. The van der Waals surface area contributed by atoms with Crippen LogP contribution >= 0.6 is 0 Å². The third-order valence-electron chi connectivity index (χ3n) is 3.27. The zero-order valence-corrected chi connectivity index (χ0v) is 6.41. The lowest BCUT2D eigenvalue weighted by molar-refractivity contribution is -0.192. The van der Waals surface area contributed by atoms with Crippen LogP contribution in [0.2, 0.25) is 0 Å². The second-order valence-electron chi connectivity index (χ2n) is 3.80. The van der Waals surface area contributed by atoms with Crippen molar-refractivity contribution in [1.29, 1.82) is 0 Å². The molecule has 1 heterocycles. The topological polar surface area (TPSA) is 32.3 Å². The van der Waals surface area contributed by atoms with Gasteiger partial charge in [-0.2, -0.15) is 13.2 Å². The second kappa shape index (κ2) is 1.96. The number of fused-ring (bicyclic) bond motifs is 1. The van der Waals surface area contributed by atoms with Crippen LogP contribution in [0.15, 0.2) is 0 Å². The van der Waals surface area contributed by atoms with Crippen LogP contribution in [0.4, 0.5) is 13.2 Å². The Bertz CT molecular complexity index is 217. The standard InChI is InChI=1S/C7H10F3NO/c8-7(9,10)6-1-5(6,4-12)2-11-3-6/h11-12H,1-4H2. The zero-order valence-electron chi connectivity index (χ0n) is 6.41. The first kappa shape index (κ1) is 8.31. The minimum Gasteiger partial charge on any atom is -0.396 e. The van der Waals surface area contributed by atoms with Crippen molar-refractivity contribution in [2.24, 2.45) is 10.8 Å². The maximum atomic E-state index is 12.5. The van der Waals surface area contributed by atoms with Crippen LogP contribution in [0, 0.1) is 10.8 Å². The van der Waals surface area contributed by atoms with Crippen LogP contribution in [0.3, 0.4) is 0 Å². The SMILES string of the molecule is OCC12CNCC1(C(F)(F)F)C2. The van der Waals surface area contributed by atoms with Crippen LogP contribution < -0.4 is 5.32 Å². The molecule has 0 spiro atoms. The van der Waals surface area contributed by atoms with Crippen molar-refractivity contribution in [3.05, 3.63) is 0 Å². The molecular weight excluding hydrogens is 171 g/mol. The van der Waals surface area contributed by atoms with Crippen LogP contribution in [-0.2, 0) is 0 Å². The first-order valence-corrected chi connectivity index (χ1v) is 3.86. The van der Waals surface area contributed by atoms with E-state index < -0.39 is 17.0 Å². The Balaban J connectivity index is 2.26. The first-order valence-electron chi connectivity index (χ1n) is 3.86. The number of alkyl halides is 3. The van der Waals surface area contributed by atoms with Gasteiger partial charge in [-0.1, -0.05) is 0 Å². The van der Waals surface area contributed by atoms with E-state index in [4.69, 9.17) is 5.11 Å². The molecule has 1 aliphatic heterocycles. The molecule has 2 nitrogen and oxygen atoms in total. The molecule has 0 radical (unpaired) electrons. The molecule has 0 amide bonds. The normalized spacial score (nSPS) is 46.0. The molecule has 2 atom stereocenters. The molecule has 1 saturated heterocycles. The summed E-state index contributed by atoms with van der Waals surface area (Å²) >= 11 is 0. The van der Waals surface area contributed by atoms with Crippen LogP contribution in [0.25, 0.3) is 0 Å². The number of aliphatic hydroxyl groups excluding tert-OH is 1. The summed E-state index contributed by atoms with van der Waals surface area (Å²) in [7, 11) is 0. The van der Waals surface area contributed by atoms with E-state index in [9.17, 15) is 13.2 Å². The summed E-state index contributed by atoms with van der Waals surface area (Å²) in [5.74, 6) is 0. The van der Waals surface area contributed by atoms with E-state index >= 15 is 0 Å². The van der Waals surface area contributed by atoms with Gasteiger partial charge in [0.15, 0.2) is 0 Å². The van der Waals surface area contributed by atoms with Gasteiger partial charge in [0.1, 0.15) is 0 Å². The van der Waals surface area contributed by atoms with Crippen molar-refractivity contribution >= 4 is 0 Å². The second-order valence-corrected chi connectivity index (χ2v) is 3.80. The largest absolute Gasteiger partial charge is 0.396 e. The minimum absolute atomic E-state index is 0.0307. The lowest BCUT2D eigenvalue weighted by atomic mass is 9.97. The number of rotatable bonds is 1. The van der Waals surface area contributed by atoms with E-state index in [0.717, 1.165) is 0 Å².